The van der Waals surface area contributed by atoms with E-state index in [2.05, 4.69) is 5.32 Å². The highest BCUT2D eigenvalue weighted by atomic mass is 35.5. The first-order valence-corrected chi connectivity index (χ1v) is 7.84. The molecule has 23 heavy (non-hydrogen) atoms. The molecule has 0 saturated heterocycles. The van der Waals surface area contributed by atoms with Crippen LogP contribution in [0.1, 0.15) is 25.5 Å². The minimum Gasteiger partial charge on any atom is -0.508 e. The summed E-state index contributed by atoms with van der Waals surface area (Å²) >= 11 is 12.0. The smallest absolute Gasteiger partial charge is 0.333 e. The van der Waals surface area contributed by atoms with Gasteiger partial charge in [-0.1, -0.05) is 41.4 Å². The van der Waals surface area contributed by atoms with Crippen LogP contribution in [0.2, 0.25) is 10.0 Å². The summed E-state index contributed by atoms with van der Waals surface area (Å²) in [7, 11) is 0. The number of phenolic OH excluding ortho intramolecular Hbond substituents is 1. The van der Waals surface area contributed by atoms with Crippen molar-refractivity contribution >= 4 is 34.9 Å². The number of carbonyl (C=O) groups is 1. The summed E-state index contributed by atoms with van der Waals surface area (Å²) in [6.45, 7) is 3.52. The van der Waals surface area contributed by atoms with E-state index in [1.807, 2.05) is 0 Å². The molecule has 0 aliphatic heterocycles. The van der Waals surface area contributed by atoms with E-state index in [1.54, 1.807) is 50.2 Å². The average molecular weight is 354 g/mol. The molecular formula is C17H17Cl2NO3. The van der Waals surface area contributed by atoms with Crippen LogP contribution in [0.25, 0.3) is 0 Å². The molecule has 1 atom stereocenters. The molecule has 0 aliphatic carbocycles. The van der Waals surface area contributed by atoms with Gasteiger partial charge in [-0.15, -0.1) is 0 Å². The standard InChI is InChI=1S/C17H17Cl2NO3/c1-10(2)23-17(22)16(12-5-3-4-6-15(12)21)20-14-8-7-11(18)9-13(14)19/h3-10,16,20-21H,1-2H3. The molecule has 0 saturated carbocycles. The van der Waals surface area contributed by atoms with Gasteiger partial charge < -0.3 is 15.2 Å². The zero-order valence-electron chi connectivity index (χ0n) is 12.7. The highest BCUT2D eigenvalue weighted by molar-refractivity contribution is 6.36. The maximum atomic E-state index is 12.4. The SMILES string of the molecule is CC(C)OC(=O)C(Nc1ccc(Cl)cc1Cl)c1ccccc1O. The van der Waals surface area contributed by atoms with E-state index in [1.165, 1.54) is 6.07 Å². The van der Waals surface area contributed by atoms with Gasteiger partial charge in [-0.25, -0.2) is 4.79 Å². The van der Waals surface area contributed by atoms with Crippen molar-refractivity contribution in [3.05, 3.63) is 58.1 Å². The number of benzene rings is 2. The van der Waals surface area contributed by atoms with Crippen LogP contribution < -0.4 is 5.32 Å². The second-order valence-electron chi connectivity index (χ2n) is 5.25. The molecule has 0 aliphatic rings. The minimum absolute atomic E-state index is 0.00390. The Morgan fingerprint density at radius 2 is 1.87 bits per heavy atom. The minimum atomic E-state index is -0.891. The number of carbonyl (C=O) groups excluding carboxylic acids is 1. The van der Waals surface area contributed by atoms with Crippen LogP contribution >= 0.6 is 23.2 Å². The molecule has 0 spiro atoms. The molecule has 4 nitrogen and oxygen atoms in total. The number of hydrogen-bond acceptors (Lipinski definition) is 4. The van der Waals surface area contributed by atoms with Gasteiger partial charge in [0.1, 0.15) is 5.75 Å². The molecule has 2 rings (SSSR count). The number of ether oxygens (including phenoxy) is 1. The van der Waals surface area contributed by atoms with Crippen LogP contribution in [0, 0.1) is 0 Å². The second-order valence-corrected chi connectivity index (χ2v) is 6.09. The fourth-order valence-corrected chi connectivity index (χ4v) is 2.52. The van der Waals surface area contributed by atoms with Gasteiger partial charge >= 0.3 is 5.97 Å². The molecule has 0 aromatic heterocycles. The average Bonchev–Trinajstić information content (AvgIpc) is 2.47. The number of nitrogens with one attached hydrogen (secondary N) is 1. The zero-order chi connectivity index (χ0) is 17.0. The second kappa shape index (κ2) is 7.57. The topological polar surface area (TPSA) is 58.6 Å². The van der Waals surface area contributed by atoms with Crippen molar-refractivity contribution < 1.29 is 14.6 Å². The molecule has 6 heteroatoms. The van der Waals surface area contributed by atoms with Crippen molar-refractivity contribution in [2.45, 2.75) is 26.0 Å². The Morgan fingerprint density at radius 3 is 2.48 bits per heavy atom. The number of rotatable bonds is 5. The maximum absolute atomic E-state index is 12.4. The lowest BCUT2D eigenvalue weighted by Crippen LogP contribution is -2.26. The lowest BCUT2D eigenvalue weighted by atomic mass is 10.1. The Labute approximate surface area is 145 Å². The van der Waals surface area contributed by atoms with Gasteiger partial charge in [0.05, 0.1) is 16.8 Å². The van der Waals surface area contributed by atoms with E-state index in [9.17, 15) is 9.90 Å². The molecule has 1 unspecified atom stereocenters. The van der Waals surface area contributed by atoms with Gasteiger partial charge in [-0.3, -0.25) is 0 Å². The summed E-state index contributed by atoms with van der Waals surface area (Å²) in [6.07, 6.45) is -0.279. The van der Waals surface area contributed by atoms with Crippen molar-refractivity contribution in [2.24, 2.45) is 0 Å². The van der Waals surface area contributed by atoms with Gasteiger partial charge in [0.25, 0.3) is 0 Å². The molecule has 0 radical (unpaired) electrons. The number of phenols is 1. The number of halogens is 2. The summed E-state index contributed by atoms with van der Waals surface area (Å²) < 4.78 is 5.28. The Hall–Kier alpha value is -1.91. The zero-order valence-corrected chi connectivity index (χ0v) is 14.2. The Balaban J connectivity index is 2.37. The van der Waals surface area contributed by atoms with Crippen molar-refractivity contribution in [3.63, 3.8) is 0 Å². The molecule has 0 fully saturated rings. The Kier molecular flexibility index (Phi) is 5.74. The lowest BCUT2D eigenvalue weighted by Gasteiger charge is -2.22. The van der Waals surface area contributed by atoms with E-state index < -0.39 is 12.0 Å². The normalized spacial score (nSPS) is 12.0. The van der Waals surface area contributed by atoms with Crippen LogP contribution in [-0.4, -0.2) is 17.2 Å². The first-order valence-electron chi connectivity index (χ1n) is 7.08. The quantitative estimate of drug-likeness (QED) is 0.757. The largest absolute Gasteiger partial charge is 0.508 e. The van der Waals surface area contributed by atoms with Crippen LogP contribution in [0.5, 0.6) is 5.75 Å². The van der Waals surface area contributed by atoms with Crippen LogP contribution in [0.3, 0.4) is 0 Å². The summed E-state index contributed by atoms with van der Waals surface area (Å²) in [5.74, 6) is -0.511. The third-order valence-electron chi connectivity index (χ3n) is 3.07. The van der Waals surface area contributed by atoms with Crippen LogP contribution in [0.15, 0.2) is 42.5 Å². The predicted octanol–water partition coefficient (Wildman–Crippen LogP) is 4.80. The fraction of sp³-hybridized carbons (Fsp3) is 0.235. The van der Waals surface area contributed by atoms with Gasteiger partial charge in [0, 0.05) is 10.6 Å². The summed E-state index contributed by atoms with van der Waals surface area (Å²) in [4.78, 5) is 12.4. The van der Waals surface area contributed by atoms with Crippen LogP contribution in [0.4, 0.5) is 5.69 Å². The molecule has 2 N–H and O–H groups in total. The summed E-state index contributed by atoms with van der Waals surface area (Å²) in [5, 5.41) is 13.9. The summed E-state index contributed by atoms with van der Waals surface area (Å²) in [5.41, 5.74) is 0.925. The molecule has 2 aromatic rings. The molecule has 122 valence electrons. The van der Waals surface area contributed by atoms with E-state index in [4.69, 9.17) is 27.9 Å². The van der Waals surface area contributed by atoms with E-state index in [0.717, 1.165) is 0 Å². The first-order chi connectivity index (χ1) is 10.9. The van der Waals surface area contributed by atoms with Crippen molar-refractivity contribution in [3.8, 4) is 5.75 Å². The molecule has 2 aromatic carbocycles. The highest BCUT2D eigenvalue weighted by Crippen LogP contribution is 2.32. The monoisotopic (exact) mass is 353 g/mol. The fourth-order valence-electron chi connectivity index (χ4n) is 2.06. The van der Waals surface area contributed by atoms with Gasteiger partial charge in [-0.05, 0) is 38.1 Å². The maximum Gasteiger partial charge on any atom is 0.333 e. The molecule has 0 heterocycles. The number of anilines is 1. The van der Waals surface area contributed by atoms with Gasteiger partial charge in [0.15, 0.2) is 6.04 Å². The highest BCUT2D eigenvalue weighted by Gasteiger charge is 2.26. The van der Waals surface area contributed by atoms with Crippen molar-refractivity contribution in [1.82, 2.24) is 0 Å². The van der Waals surface area contributed by atoms with E-state index in [-0.39, 0.29) is 11.9 Å². The molecule has 0 amide bonds. The first kappa shape index (κ1) is 17.4. The van der Waals surface area contributed by atoms with Crippen molar-refractivity contribution in [2.75, 3.05) is 5.32 Å². The van der Waals surface area contributed by atoms with Crippen molar-refractivity contribution in [1.29, 1.82) is 0 Å². The Morgan fingerprint density at radius 1 is 1.17 bits per heavy atom. The van der Waals surface area contributed by atoms with Gasteiger partial charge in [-0.2, -0.15) is 0 Å². The van der Waals surface area contributed by atoms with E-state index in [0.29, 0.717) is 21.3 Å². The summed E-state index contributed by atoms with van der Waals surface area (Å²) in [6, 6.07) is 10.6. The van der Waals surface area contributed by atoms with Gasteiger partial charge in [0.2, 0.25) is 0 Å². The molecule has 0 bridgehead atoms. The lowest BCUT2D eigenvalue weighted by molar-refractivity contribution is -0.148. The molecular weight excluding hydrogens is 337 g/mol. The number of para-hydroxylation sites is 1. The number of hydrogen-bond donors (Lipinski definition) is 2. The number of aromatic hydroxyl groups is 1. The Bertz CT molecular complexity index is 704. The predicted molar refractivity (Wildman–Crippen MR) is 92.2 cm³/mol. The number of esters is 1. The third kappa shape index (κ3) is 4.53. The third-order valence-corrected chi connectivity index (χ3v) is 3.61. The van der Waals surface area contributed by atoms with Crippen LogP contribution in [-0.2, 0) is 9.53 Å². The van der Waals surface area contributed by atoms with E-state index >= 15 is 0 Å².